The molecule has 0 amide bonds. The number of carbonyl (C=O) groups is 1. The molecule has 164 valence electrons. The molecule has 5 nitrogen and oxygen atoms in total. The zero-order chi connectivity index (χ0) is 21.8. The number of benzene rings is 1. The summed E-state index contributed by atoms with van der Waals surface area (Å²) < 4.78 is 11.6. The van der Waals surface area contributed by atoms with Gasteiger partial charge in [0.1, 0.15) is 11.4 Å². The number of hydrogen-bond acceptors (Lipinski definition) is 6. The molecular weight excluding hydrogens is 400 g/mol. The average Bonchev–Trinajstić information content (AvgIpc) is 3.04. The van der Waals surface area contributed by atoms with Gasteiger partial charge in [-0.05, 0) is 56.6 Å². The van der Waals surface area contributed by atoms with Crippen LogP contribution in [0.4, 0.5) is 0 Å². The highest BCUT2D eigenvalue weighted by Gasteiger charge is 2.42. The van der Waals surface area contributed by atoms with Crippen LogP contribution in [0.25, 0.3) is 0 Å². The zero-order valence-electron chi connectivity index (χ0n) is 17.8. The third-order valence-corrected chi connectivity index (χ3v) is 5.82. The molecule has 0 saturated heterocycles. The molecule has 6 heteroatoms. The maximum Gasteiger partial charge on any atom is 0.198 e. The molecule has 0 heterocycles. The van der Waals surface area contributed by atoms with Crippen molar-refractivity contribution in [2.45, 2.75) is 43.8 Å². The third-order valence-electron chi connectivity index (χ3n) is 5.08. The third kappa shape index (κ3) is 6.84. The van der Waals surface area contributed by atoms with Gasteiger partial charge < -0.3 is 19.7 Å². The Bertz CT molecular complexity index is 756. The smallest absolute Gasteiger partial charge is 0.198 e. The van der Waals surface area contributed by atoms with Crippen molar-refractivity contribution in [2.75, 3.05) is 26.6 Å². The fourth-order valence-corrected chi connectivity index (χ4v) is 4.00. The number of Topliss-reactive ketones (excluding diaryl/α,β-unsaturated/α-hetero) is 1. The number of para-hydroxylation sites is 1. The van der Waals surface area contributed by atoms with E-state index in [0.717, 1.165) is 18.6 Å². The molecular formula is C24H32O5S. The summed E-state index contributed by atoms with van der Waals surface area (Å²) in [5, 5.41) is 18.8. The monoisotopic (exact) mass is 432 g/mol. The van der Waals surface area contributed by atoms with Gasteiger partial charge in [-0.25, -0.2) is 0 Å². The molecule has 1 aliphatic rings. The van der Waals surface area contributed by atoms with Crippen LogP contribution in [0.3, 0.4) is 0 Å². The SMILES string of the molecule is COC1(CCCCOc2ccccc2)C=C(SC)C(=O)/C1=C\C=C/C(O)CCCO. The number of thioether (sulfide) groups is 1. The van der Waals surface area contributed by atoms with E-state index in [-0.39, 0.29) is 12.4 Å². The van der Waals surface area contributed by atoms with Gasteiger partial charge in [-0.3, -0.25) is 4.79 Å². The first-order chi connectivity index (χ1) is 14.6. The van der Waals surface area contributed by atoms with Crippen LogP contribution in [0.1, 0.15) is 32.1 Å². The predicted molar refractivity (Wildman–Crippen MR) is 122 cm³/mol. The second-order valence-electron chi connectivity index (χ2n) is 7.15. The fourth-order valence-electron chi connectivity index (χ4n) is 3.40. The highest BCUT2D eigenvalue weighted by atomic mass is 32.2. The van der Waals surface area contributed by atoms with Crippen molar-refractivity contribution < 1.29 is 24.5 Å². The summed E-state index contributed by atoms with van der Waals surface area (Å²) in [6.07, 6.45) is 11.6. The Morgan fingerprint density at radius 1 is 1.20 bits per heavy atom. The van der Waals surface area contributed by atoms with Gasteiger partial charge in [0.15, 0.2) is 5.78 Å². The molecule has 0 bridgehead atoms. The van der Waals surface area contributed by atoms with Crippen molar-refractivity contribution in [3.63, 3.8) is 0 Å². The van der Waals surface area contributed by atoms with E-state index in [1.807, 2.05) is 42.7 Å². The van der Waals surface area contributed by atoms with E-state index >= 15 is 0 Å². The van der Waals surface area contributed by atoms with Crippen LogP contribution in [0.15, 0.2) is 65.1 Å². The van der Waals surface area contributed by atoms with E-state index in [9.17, 15) is 9.90 Å². The molecule has 2 N–H and O–H groups in total. The number of hydrogen-bond donors (Lipinski definition) is 2. The second-order valence-corrected chi connectivity index (χ2v) is 8.00. The molecule has 0 saturated carbocycles. The lowest BCUT2D eigenvalue weighted by Gasteiger charge is -2.27. The molecule has 2 unspecified atom stereocenters. The van der Waals surface area contributed by atoms with Crippen LogP contribution < -0.4 is 4.74 Å². The Morgan fingerprint density at radius 2 is 1.97 bits per heavy atom. The molecule has 0 radical (unpaired) electrons. The van der Waals surface area contributed by atoms with Gasteiger partial charge in [0.05, 0.1) is 17.6 Å². The van der Waals surface area contributed by atoms with Gasteiger partial charge >= 0.3 is 0 Å². The van der Waals surface area contributed by atoms with Crippen LogP contribution in [0.2, 0.25) is 0 Å². The van der Waals surface area contributed by atoms with Crippen molar-refractivity contribution in [2.24, 2.45) is 0 Å². The molecule has 0 fully saturated rings. The number of aliphatic hydroxyl groups excluding tert-OH is 2. The maximum atomic E-state index is 12.8. The number of carbonyl (C=O) groups excluding carboxylic acids is 1. The second kappa shape index (κ2) is 12.7. The Hall–Kier alpha value is -1.86. The summed E-state index contributed by atoms with van der Waals surface area (Å²) in [6, 6.07) is 9.71. The highest BCUT2D eigenvalue weighted by Crippen LogP contribution is 2.41. The van der Waals surface area contributed by atoms with E-state index in [2.05, 4.69) is 0 Å². The first-order valence-corrected chi connectivity index (χ1v) is 11.5. The number of rotatable bonds is 13. The minimum atomic E-state index is -0.761. The first-order valence-electron chi connectivity index (χ1n) is 10.3. The van der Waals surface area contributed by atoms with Crippen LogP contribution >= 0.6 is 11.8 Å². The number of methoxy groups -OCH3 is 1. The quantitative estimate of drug-likeness (QED) is 0.362. The summed E-state index contributed by atoms with van der Waals surface area (Å²) in [4.78, 5) is 13.5. The van der Waals surface area contributed by atoms with Gasteiger partial charge in [0.2, 0.25) is 0 Å². The van der Waals surface area contributed by atoms with Crippen molar-refractivity contribution in [3.8, 4) is 5.75 Å². The van der Waals surface area contributed by atoms with Gasteiger partial charge in [-0.2, -0.15) is 0 Å². The predicted octanol–water partition coefficient (Wildman–Crippen LogP) is 4.07. The number of unbranched alkanes of at least 4 members (excludes halogenated alkanes) is 1. The molecule has 1 aromatic carbocycles. The number of ether oxygens (including phenoxy) is 2. The normalized spacial score (nSPS) is 21.4. The van der Waals surface area contributed by atoms with Gasteiger partial charge in [0, 0.05) is 19.3 Å². The van der Waals surface area contributed by atoms with Crippen molar-refractivity contribution in [1.82, 2.24) is 0 Å². The Morgan fingerprint density at radius 3 is 2.63 bits per heavy atom. The minimum Gasteiger partial charge on any atom is -0.494 e. The summed E-state index contributed by atoms with van der Waals surface area (Å²) in [5.74, 6) is 0.824. The fraction of sp³-hybridized carbons (Fsp3) is 0.458. The summed E-state index contributed by atoms with van der Waals surface area (Å²) in [7, 11) is 1.63. The maximum absolute atomic E-state index is 12.8. The van der Waals surface area contributed by atoms with Crippen molar-refractivity contribution in [1.29, 1.82) is 0 Å². The first kappa shape index (κ1) is 24.4. The Balaban J connectivity index is 2.01. The van der Waals surface area contributed by atoms with Crippen molar-refractivity contribution >= 4 is 17.5 Å². The van der Waals surface area contributed by atoms with Gasteiger partial charge in [-0.1, -0.05) is 36.4 Å². The number of aliphatic hydroxyl groups is 2. The topological polar surface area (TPSA) is 76.0 Å². The molecule has 2 rings (SSSR count). The molecule has 0 aromatic heterocycles. The molecule has 0 aliphatic heterocycles. The number of ketones is 1. The average molecular weight is 433 g/mol. The lowest BCUT2D eigenvalue weighted by Crippen LogP contribution is -2.31. The molecule has 0 spiro atoms. The van der Waals surface area contributed by atoms with E-state index in [0.29, 0.717) is 36.3 Å². The van der Waals surface area contributed by atoms with E-state index in [1.54, 1.807) is 25.3 Å². The molecule has 1 aliphatic carbocycles. The van der Waals surface area contributed by atoms with E-state index in [4.69, 9.17) is 14.6 Å². The van der Waals surface area contributed by atoms with Crippen LogP contribution in [-0.2, 0) is 9.53 Å². The number of allylic oxidation sites excluding steroid dienone is 3. The summed E-state index contributed by atoms with van der Waals surface area (Å²) in [6.45, 7) is 0.652. The van der Waals surface area contributed by atoms with Crippen molar-refractivity contribution in [3.05, 3.63) is 65.1 Å². The van der Waals surface area contributed by atoms with E-state index < -0.39 is 11.7 Å². The summed E-state index contributed by atoms with van der Waals surface area (Å²) in [5.41, 5.74) is -0.174. The lowest BCUT2D eigenvalue weighted by molar-refractivity contribution is -0.112. The van der Waals surface area contributed by atoms with Gasteiger partial charge in [-0.15, -0.1) is 11.8 Å². The Labute approximate surface area is 183 Å². The van der Waals surface area contributed by atoms with Crippen LogP contribution in [0.5, 0.6) is 5.75 Å². The lowest BCUT2D eigenvalue weighted by atomic mass is 9.90. The van der Waals surface area contributed by atoms with Crippen LogP contribution in [0, 0.1) is 0 Å². The highest BCUT2D eigenvalue weighted by molar-refractivity contribution is 8.03. The van der Waals surface area contributed by atoms with Gasteiger partial charge in [0.25, 0.3) is 0 Å². The summed E-state index contributed by atoms with van der Waals surface area (Å²) >= 11 is 1.42. The van der Waals surface area contributed by atoms with E-state index in [1.165, 1.54) is 11.8 Å². The minimum absolute atomic E-state index is 0.0283. The largest absolute Gasteiger partial charge is 0.494 e. The molecule has 1 aromatic rings. The standard InChI is InChI=1S/C24H32O5S/c1-28-24(15-6-7-17-29-20-12-4-3-5-13-20)18-22(30-2)23(27)21(24)14-8-10-19(26)11-9-16-25/h3-5,8,10,12-14,18-19,25-26H,6-7,9,11,15-17H2,1-2H3/b10-8-,21-14+. The molecule has 2 atom stereocenters. The Kier molecular flexibility index (Phi) is 10.4. The van der Waals surface area contributed by atoms with Crippen LogP contribution in [-0.4, -0.2) is 54.3 Å². The zero-order valence-corrected chi connectivity index (χ0v) is 18.6. The molecule has 30 heavy (non-hydrogen) atoms.